The first-order valence-electron chi connectivity index (χ1n) is 9.91. The number of nitrogens with one attached hydrogen (secondary N) is 1. The predicted molar refractivity (Wildman–Crippen MR) is 124 cm³/mol. The van der Waals surface area contributed by atoms with Crippen molar-refractivity contribution >= 4 is 21.6 Å². The van der Waals surface area contributed by atoms with Gasteiger partial charge in [0.15, 0.2) is 0 Å². The summed E-state index contributed by atoms with van der Waals surface area (Å²) in [6.45, 7) is 0. The van der Waals surface area contributed by atoms with E-state index >= 15 is 0 Å². The molecule has 7 nitrogen and oxygen atoms in total. The second-order valence-electron chi connectivity index (χ2n) is 7.30. The van der Waals surface area contributed by atoms with E-state index in [0.29, 0.717) is 16.9 Å². The fraction of sp³-hybridized carbons (Fsp3) is 0.0833. The van der Waals surface area contributed by atoms with Gasteiger partial charge in [-0.15, -0.1) is 0 Å². The summed E-state index contributed by atoms with van der Waals surface area (Å²) >= 11 is 0. The summed E-state index contributed by atoms with van der Waals surface area (Å²) in [7, 11) is -0.592. The molecule has 0 spiro atoms. The number of nitrogens with zero attached hydrogens (tertiary/aromatic N) is 3. The molecule has 8 heteroatoms. The van der Waals surface area contributed by atoms with E-state index in [4.69, 9.17) is 0 Å². The van der Waals surface area contributed by atoms with Gasteiger partial charge in [0.25, 0.3) is 5.91 Å². The molecule has 1 N–H and O–H groups in total. The van der Waals surface area contributed by atoms with E-state index in [-0.39, 0.29) is 10.8 Å². The van der Waals surface area contributed by atoms with Crippen molar-refractivity contribution in [3.8, 4) is 16.9 Å². The Bertz CT molecular complexity index is 1330. The number of hydrogen-bond donors (Lipinski definition) is 1. The lowest BCUT2D eigenvalue weighted by atomic mass is 10.1. The summed E-state index contributed by atoms with van der Waals surface area (Å²) in [5.41, 5.74) is 3.10. The van der Waals surface area contributed by atoms with Crippen molar-refractivity contribution in [2.45, 2.75) is 4.90 Å². The van der Waals surface area contributed by atoms with Gasteiger partial charge in [0.2, 0.25) is 10.0 Å². The molecule has 32 heavy (non-hydrogen) atoms. The van der Waals surface area contributed by atoms with Crippen molar-refractivity contribution < 1.29 is 13.2 Å². The minimum Gasteiger partial charge on any atom is -0.322 e. The lowest BCUT2D eigenvalue weighted by Gasteiger charge is -2.12. The van der Waals surface area contributed by atoms with Crippen LogP contribution >= 0.6 is 0 Å². The quantitative estimate of drug-likeness (QED) is 0.484. The summed E-state index contributed by atoms with van der Waals surface area (Å²) in [6, 6.07) is 25.1. The summed E-state index contributed by atoms with van der Waals surface area (Å²) in [4.78, 5) is 13.3. The fourth-order valence-corrected chi connectivity index (χ4v) is 4.08. The highest BCUT2D eigenvalue weighted by Gasteiger charge is 2.20. The van der Waals surface area contributed by atoms with Gasteiger partial charge in [0.05, 0.1) is 16.1 Å². The van der Waals surface area contributed by atoms with E-state index in [1.807, 2.05) is 60.7 Å². The third-order valence-electron chi connectivity index (χ3n) is 4.92. The second-order valence-corrected chi connectivity index (χ2v) is 9.46. The number of aromatic nitrogens is 2. The van der Waals surface area contributed by atoms with Crippen LogP contribution < -0.4 is 5.32 Å². The molecule has 0 unspecified atom stereocenters. The van der Waals surface area contributed by atoms with Crippen LogP contribution in [-0.2, 0) is 10.0 Å². The van der Waals surface area contributed by atoms with Gasteiger partial charge in [-0.1, -0.05) is 48.5 Å². The molecule has 162 valence electrons. The smallest absolute Gasteiger partial charge is 0.259 e. The average molecular weight is 447 g/mol. The van der Waals surface area contributed by atoms with Gasteiger partial charge in [0, 0.05) is 31.5 Å². The van der Waals surface area contributed by atoms with Gasteiger partial charge in [-0.2, -0.15) is 5.10 Å². The minimum atomic E-state index is -3.54. The minimum absolute atomic E-state index is 0.155. The summed E-state index contributed by atoms with van der Waals surface area (Å²) in [5.74, 6) is -0.339. The van der Waals surface area contributed by atoms with Crippen molar-refractivity contribution in [2.24, 2.45) is 0 Å². The van der Waals surface area contributed by atoms with Crippen LogP contribution in [0.4, 0.5) is 5.69 Å². The van der Waals surface area contributed by atoms with Crippen molar-refractivity contribution in [1.29, 1.82) is 0 Å². The van der Waals surface area contributed by atoms with Crippen LogP contribution in [0.25, 0.3) is 16.9 Å². The Balaban J connectivity index is 1.67. The monoisotopic (exact) mass is 446 g/mol. The largest absolute Gasteiger partial charge is 0.322 e. The molecule has 0 fully saturated rings. The normalized spacial score (nSPS) is 11.5. The maximum atomic E-state index is 13.2. The standard InChI is InChI=1S/C24H22N4O3S/c1-27(2)32(30,31)21-15-13-19(14-16-21)25-24(29)22-17-28(20-11-7-4-8-12-20)26-23(22)18-9-5-3-6-10-18/h3-17H,1-2H3,(H,25,29). The van der Waals surface area contributed by atoms with E-state index in [2.05, 4.69) is 10.4 Å². The number of sulfonamides is 1. The van der Waals surface area contributed by atoms with E-state index in [0.717, 1.165) is 15.6 Å². The maximum Gasteiger partial charge on any atom is 0.259 e. The Morgan fingerprint density at radius 2 is 1.47 bits per heavy atom. The SMILES string of the molecule is CN(C)S(=O)(=O)c1ccc(NC(=O)c2cn(-c3ccccc3)nc2-c2ccccc2)cc1. The third-order valence-corrected chi connectivity index (χ3v) is 6.75. The lowest BCUT2D eigenvalue weighted by molar-refractivity contribution is 0.102. The van der Waals surface area contributed by atoms with Gasteiger partial charge in [-0.05, 0) is 36.4 Å². The molecule has 4 rings (SSSR count). The Morgan fingerprint density at radius 1 is 0.875 bits per heavy atom. The van der Waals surface area contributed by atoms with Gasteiger partial charge in [-0.3, -0.25) is 4.79 Å². The van der Waals surface area contributed by atoms with Crippen LogP contribution in [0.5, 0.6) is 0 Å². The zero-order chi connectivity index (χ0) is 22.7. The fourth-order valence-electron chi connectivity index (χ4n) is 3.18. The summed E-state index contributed by atoms with van der Waals surface area (Å²) in [5, 5.41) is 7.49. The van der Waals surface area contributed by atoms with Crippen molar-refractivity contribution in [3.63, 3.8) is 0 Å². The summed E-state index contributed by atoms with van der Waals surface area (Å²) in [6.07, 6.45) is 1.69. The predicted octanol–water partition coefficient (Wildman–Crippen LogP) is 4.04. The second kappa shape index (κ2) is 8.78. The number of amides is 1. The third kappa shape index (κ3) is 4.32. The van der Waals surface area contributed by atoms with E-state index in [1.165, 1.54) is 26.2 Å². The van der Waals surface area contributed by atoms with Crippen LogP contribution in [-0.4, -0.2) is 42.5 Å². The molecule has 1 heterocycles. The number of carbonyl (C=O) groups excluding carboxylic acids is 1. The van der Waals surface area contributed by atoms with Crippen molar-refractivity contribution in [2.75, 3.05) is 19.4 Å². The van der Waals surface area contributed by atoms with E-state index in [9.17, 15) is 13.2 Å². The highest BCUT2D eigenvalue weighted by Crippen LogP contribution is 2.25. The highest BCUT2D eigenvalue weighted by molar-refractivity contribution is 7.89. The molecule has 4 aromatic rings. The first-order valence-corrected chi connectivity index (χ1v) is 11.3. The Hall–Kier alpha value is -3.75. The van der Waals surface area contributed by atoms with Crippen LogP contribution in [0, 0.1) is 0 Å². The van der Waals surface area contributed by atoms with Crippen molar-refractivity contribution in [1.82, 2.24) is 14.1 Å². The Morgan fingerprint density at radius 3 is 2.06 bits per heavy atom. The summed E-state index contributed by atoms with van der Waals surface area (Å²) < 4.78 is 27.3. The van der Waals surface area contributed by atoms with Crippen LogP contribution in [0.2, 0.25) is 0 Å². The van der Waals surface area contributed by atoms with Crippen LogP contribution in [0.3, 0.4) is 0 Å². The molecule has 3 aromatic carbocycles. The van der Waals surface area contributed by atoms with E-state index in [1.54, 1.807) is 23.0 Å². The molecular weight excluding hydrogens is 424 g/mol. The van der Waals surface area contributed by atoms with Gasteiger partial charge >= 0.3 is 0 Å². The maximum absolute atomic E-state index is 13.2. The molecule has 0 aliphatic carbocycles. The number of carbonyl (C=O) groups is 1. The molecule has 0 bridgehead atoms. The number of benzene rings is 3. The molecule has 0 saturated carbocycles. The Labute approximate surface area is 187 Å². The molecule has 0 atom stereocenters. The zero-order valence-corrected chi connectivity index (χ0v) is 18.5. The molecule has 0 aliphatic heterocycles. The molecule has 1 amide bonds. The highest BCUT2D eigenvalue weighted by atomic mass is 32.2. The van der Waals surface area contributed by atoms with Crippen LogP contribution in [0.1, 0.15) is 10.4 Å². The lowest BCUT2D eigenvalue weighted by Crippen LogP contribution is -2.22. The van der Waals surface area contributed by atoms with Gasteiger partial charge < -0.3 is 5.32 Å². The average Bonchev–Trinajstić information content (AvgIpc) is 3.26. The van der Waals surface area contributed by atoms with Crippen LogP contribution in [0.15, 0.2) is 96.0 Å². The zero-order valence-electron chi connectivity index (χ0n) is 17.6. The number of anilines is 1. The number of para-hydroxylation sites is 1. The number of rotatable bonds is 6. The topological polar surface area (TPSA) is 84.3 Å². The molecule has 1 aromatic heterocycles. The van der Waals surface area contributed by atoms with Gasteiger partial charge in [0.1, 0.15) is 5.69 Å². The Kier molecular flexibility index (Phi) is 5.89. The molecule has 0 radical (unpaired) electrons. The first kappa shape index (κ1) is 21.5. The van der Waals surface area contributed by atoms with Crippen molar-refractivity contribution in [3.05, 3.63) is 96.7 Å². The number of hydrogen-bond acceptors (Lipinski definition) is 4. The van der Waals surface area contributed by atoms with Gasteiger partial charge in [-0.25, -0.2) is 17.4 Å². The molecule has 0 aliphatic rings. The first-order chi connectivity index (χ1) is 15.4. The van der Waals surface area contributed by atoms with E-state index < -0.39 is 10.0 Å². The molecular formula is C24H22N4O3S. The molecule has 0 saturated heterocycles.